The molecule has 6 aromatic carbocycles. The van der Waals surface area contributed by atoms with E-state index < -0.39 is 0 Å². The highest BCUT2D eigenvalue weighted by Gasteiger charge is 2.22. The van der Waals surface area contributed by atoms with Gasteiger partial charge in [0.15, 0.2) is 0 Å². The number of para-hydroxylation sites is 2. The molecular weight excluding hydrogens is 512 g/mol. The van der Waals surface area contributed by atoms with E-state index in [1.807, 2.05) is 24.3 Å². The summed E-state index contributed by atoms with van der Waals surface area (Å²) in [6.07, 6.45) is 0. The van der Waals surface area contributed by atoms with Gasteiger partial charge in [-0.2, -0.15) is 10.5 Å². The minimum atomic E-state index is 0.622. The first-order valence-electron chi connectivity index (χ1n) is 14.0. The monoisotopic (exact) mass is 530 g/mol. The maximum absolute atomic E-state index is 9.69. The molecule has 10 aromatic rings. The molecule has 0 aliphatic carbocycles. The van der Waals surface area contributed by atoms with Gasteiger partial charge in [0.1, 0.15) is 0 Å². The Morgan fingerprint density at radius 1 is 0.429 bits per heavy atom. The maximum atomic E-state index is 9.69. The molecule has 0 aliphatic heterocycles. The number of nitrogens with zero attached hydrogens (tertiary/aromatic N) is 4. The highest BCUT2D eigenvalue weighted by atomic mass is 14.9. The first-order valence-corrected chi connectivity index (χ1v) is 14.0. The molecule has 0 aliphatic rings. The Morgan fingerprint density at radius 3 is 1.69 bits per heavy atom. The lowest BCUT2D eigenvalue weighted by atomic mass is 9.95. The summed E-state index contributed by atoms with van der Waals surface area (Å²) in [5.74, 6) is 0. The molecule has 0 spiro atoms. The molecule has 190 valence electrons. The molecule has 10 rings (SSSR count). The molecule has 4 heteroatoms. The van der Waals surface area contributed by atoms with E-state index in [1.54, 1.807) is 0 Å². The fourth-order valence-electron chi connectivity index (χ4n) is 7.56. The van der Waals surface area contributed by atoms with Gasteiger partial charge in [0.2, 0.25) is 0 Å². The second-order valence-electron chi connectivity index (χ2n) is 11.2. The van der Waals surface area contributed by atoms with E-state index in [0.29, 0.717) is 11.1 Å². The van der Waals surface area contributed by atoms with E-state index in [2.05, 4.69) is 106 Å². The van der Waals surface area contributed by atoms with Crippen LogP contribution in [0.5, 0.6) is 0 Å². The molecule has 0 atom stereocenters. The summed E-state index contributed by atoms with van der Waals surface area (Å²) in [7, 11) is 0. The Morgan fingerprint density at radius 2 is 0.976 bits per heavy atom. The van der Waals surface area contributed by atoms with Gasteiger partial charge in [0, 0.05) is 43.1 Å². The summed E-state index contributed by atoms with van der Waals surface area (Å²) < 4.78 is 4.65. The number of aromatic nitrogens is 2. The van der Waals surface area contributed by atoms with Crippen LogP contribution >= 0.6 is 0 Å². The Labute approximate surface area is 238 Å². The average Bonchev–Trinajstić information content (AvgIpc) is 3.77. The molecule has 4 aromatic heterocycles. The second kappa shape index (κ2) is 7.34. The standard InChI is InChI=1S/C38H18N4/c39-19-21-11-13-26-30-17-23(18-31-27-14-12-22(20-40)16-35(27)42(38(30)31)34(26)15-21)24-6-4-10-33-36(24)29-8-3-7-28-25-5-1-2-9-32(25)41(33)37(28)29/h1-18H. The molecule has 42 heavy (non-hydrogen) atoms. The molecule has 4 nitrogen and oxygen atoms in total. The lowest BCUT2D eigenvalue weighted by Crippen LogP contribution is -1.84. The van der Waals surface area contributed by atoms with Crippen LogP contribution < -0.4 is 0 Å². The van der Waals surface area contributed by atoms with Crippen LogP contribution in [-0.4, -0.2) is 8.80 Å². The fraction of sp³-hybridized carbons (Fsp3) is 0. The van der Waals surface area contributed by atoms with E-state index in [0.717, 1.165) is 43.7 Å². The molecule has 0 unspecified atom stereocenters. The Hall–Kier alpha value is -6.10. The van der Waals surface area contributed by atoms with Crippen molar-refractivity contribution < 1.29 is 0 Å². The normalized spacial score (nSPS) is 12.2. The molecule has 0 N–H and O–H groups in total. The fourth-order valence-corrected chi connectivity index (χ4v) is 7.56. The molecule has 0 amide bonds. The zero-order valence-corrected chi connectivity index (χ0v) is 22.2. The van der Waals surface area contributed by atoms with Crippen LogP contribution in [0, 0.1) is 22.7 Å². The summed E-state index contributed by atoms with van der Waals surface area (Å²) in [4.78, 5) is 0. The van der Waals surface area contributed by atoms with Crippen LogP contribution in [0.25, 0.3) is 87.3 Å². The molecule has 0 radical (unpaired) electrons. The van der Waals surface area contributed by atoms with Crippen molar-refractivity contribution in [2.75, 3.05) is 0 Å². The molecule has 0 fully saturated rings. The summed E-state index contributed by atoms with van der Waals surface area (Å²) in [6, 6.07) is 43.0. The van der Waals surface area contributed by atoms with Crippen LogP contribution in [0.3, 0.4) is 0 Å². The van der Waals surface area contributed by atoms with E-state index in [-0.39, 0.29) is 0 Å². The van der Waals surface area contributed by atoms with E-state index in [1.165, 1.54) is 43.7 Å². The number of nitriles is 2. The van der Waals surface area contributed by atoms with Crippen molar-refractivity contribution in [1.82, 2.24) is 8.80 Å². The third-order valence-electron chi connectivity index (χ3n) is 9.21. The van der Waals surface area contributed by atoms with E-state index >= 15 is 0 Å². The minimum Gasteiger partial charge on any atom is -0.308 e. The summed E-state index contributed by atoms with van der Waals surface area (Å²) in [6.45, 7) is 0. The average molecular weight is 531 g/mol. The van der Waals surface area contributed by atoms with Crippen molar-refractivity contribution in [3.8, 4) is 23.3 Å². The van der Waals surface area contributed by atoms with Crippen molar-refractivity contribution in [3.05, 3.63) is 120 Å². The predicted octanol–water partition coefficient (Wildman–Crippen LogP) is 9.40. The zero-order chi connectivity index (χ0) is 27.7. The Balaban J connectivity index is 1.40. The topological polar surface area (TPSA) is 56.4 Å². The number of hydrogen-bond acceptors (Lipinski definition) is 2. The second-order valence-corrected chi connectivity index (χ2v) is 11.2. The smallest absolute Gasteiger partial charge is 0.0992 e. The van der Waals surface area contributed by atoms with E-state index in [4.69, 9.17) is 0 Å². The first kappa shape index (κ1) is 21.7. The van der Waals surface area contributed by atoms with Gasteiger partial charge in [-0.15, -0.1) is 0 Å². The molecule has 4 heterocycles. The van der Waals surface area contributed by atoms with Crippen molar-refractivity contribution in [2.24, 2.45) is 0 Å². The van der Waals surface area contributed by atoms with Gasteiger partial charge in [0.25, 0.3) is 0 Å². The van der Waals surface area contributed by atoms with Gasteiger partial charge >= 0.3 is 0 Å². The highest BCUT2D eigenvalue weighted by molar-refractivity contribution is 6.28. The van der Waals surface area contributed by atoms with Crippen molar-refractivity contribution >= 4 is 76.2 Å². The molecule has 0 saturated carbocycles. The van der Waals surface area contributed by atoms with Gasteiger partial charge in [-0.1, -0.05) is 60.7 Å². The predicted molar refractivity (Wildman–Crippen MR) is 171 cm³/mol. The van der Waals surface area contributed by atoms with Gasteiger partial charge in [-0.05, 0) is 59.7 Å². The van der Waals surface area contributed by atoms with Crippen molar-refractivity contribution in [2.45, 2.75) is 0 Å². The Bertz CT molecular complexity index is 2770. The lowest BCUT2D eigenvalue weighted by molar-refractivity contribution is 1.36. The number of hydrogen-bond donors (Lipinski definition) is 0. The largest absolute Gasteiger partial charge is 0.308 e. The minimum absolute atomic E-state index is 0.622. The van der Waals surface area contributed by atoms with Crippen molar-refractivity contribution in [1.29, 1.82) is 10.5 Å². The lowest BCUT2D eigenvalue weighted by Gasteiger charge is -2.08. The molecule has 0 saturated heterocycles. The summed E-state index contributed by atoms with van der Waals surface area (Å²) in [5, 5.41) is 28.9. The number of rotatable bonds is 1. The van der Waals surface area contributed by atoms with Crippen molar-refractivity contribution in [3.63, 3.8) is 0 Å². The van der Waals surface area contributed by atoms with Crippen LogP contribution in [0.2, 0.25) is 0 Å². The van der Waals surface area contributed by atoms with Gasteiger partial charge in [-0.3, -0.25) is 0 Å². The first-order chi connectivity index (χ1) is 20.7. The summed E-state index contributed by atoms with van der Waals surface area (Å²) >= 11 is 0. The van der Waals surface area contributed by atoms with Crippen LogP contribution in [0.4, 0.5) is 0 Å². The van der Waals surface area contributed by atoms with Gasteiger partial charge < -0.3 is 8.80 Å². The van der Waals surface area contributed by atoms with Crippen LogP contribution in [0.1, 0.15) is 11.1 Å². The van der Waals surface area contributed by atoms with E-state index in [9.17, 15) is 10.5 Å². The van der Waals surface area contributed by atoms with Crippen LogP contribution in [-0.2, 0) is 0 Å². The maximum Gasteiger partial charge on any atom is 0.0992 e. The number of fused-ring (bicyclic) bond motifs is 12. The Kier molecular flexibility index (Phi) is 3.79. The third-order valence-corrected chi connectivity index (χ3v) is 9.21. The SMILES string of the molecule is N#Cc1ccc2c3cc(-c4cccc5c4c4cccc6c7ccccc7n5c64)cc4c5ccc(C#N)cc5n(c2c1)c34. The molecular formula is C38H18N4. The highest BCUT2D eigenvalue weighted by Crippen LogP contribution is 2.46. The molecule has 0 bridgehead atoms. The number of benzene rings is 6. The third kappa shape index (κ3) is 2.43. The summed E-state index contributed by atoms with van der Waals surface area (Å²) in [5.41, 5.74) is 10.4. The quantitative estimate of drug-likeness (QED) is 0.212. The van der Waals surface area contributed by atoms with Crippen LogP contribution in [0.15, 0.2) is 109 Å². The zero-order valence-electron chi connectivity index (χ0n) is 22.2. The van der Waals surface area contributed by atoms with Gasteiger partial charge in [-0.25, -0.2) is 0 Å². The van der Waals surface area contributed by atoms with Gasteiger partial charge in [0.05, 0.1) is 56.4 Å².